The van der Waals surface area contributed by atoms with Crippen LogP contribution >= 0.6 is 0 Å². The van der Waals surface area contributed by atoms with Crippen LogP contribution in [-0.2, 0) is 10.0 Å². The van der Waals surface area contributed by atoms with E-state index in [0.717, 1.165) is 5.56 Å². The number of para-hydroxylation sites is 2. The van der Waals surface area contributed by atoms with Crippen LogP contribution in [0.25, 0.3) is 17.7 Å². The third-order valence-electron chi connectivity index (χ3n) is 5.13. The molecule has 4 aromatic rings. The molecule has 4 rings (SSSR count). The molecule has 2 aromatic carbocycles. The van der Waals surface area contributed by atoms with E-state index in [0.29, 0.717) is 11.5 Å². The number of sulfonamides is 1. The van der Waals surface area contributed by atoms with Crippen molar-refractivity contribution in [2.75, 3.05) is 18.9 Å². The average molecular weight is 520 g/mol. The van der Waals surface area contributed by atoms with Crippen LogP contribution in [0.5, 0.6) is 23.1 Å². The Labute approximate surface area is 215 Å². The summed E-state index contributed by atoms with van der Waals surface area (Å²) in [6.07, 6.45) is 4.89. The average Bonchev–Trinajstić information content (AvgIpc) is 2.93. The molecule has 0 bridgehead atoms. The number of benzene rings is 2. The number of ether oxygens (including phenoxy) is 3. The van der Waals surface area contributed by atoms with E-state index in [-0.39, 0.29) is 40.4 Å². The zero-order chi connectivity index (χ0) is 26.3. The summed E-state index contributed by atoms with van der Waals surface area (Å²) in [5, 5.41) is 0. The van der Waals surface area contributed by atoms with E-state index in [1.807, 2.05) is 30.3 Å². The molecule has 190 valence electrons. The van der Waals surface area contributed by atoms with Gasteiger partial charge in [0.1, 0.15) is 0 Å². The summed E-state index contributed by atoms with van der Waals surface area (Å²) in [6.45, 7) is 1.75. The van der Waals surface area contributed by atoms with E-state index >= 15 is 0 Å². The van der Waals surface area contributed by atoms with Gasteiger partial charge in [-0.3, -0.25) is 4.72 Å². The molecule has 0 saturated heterocycles. The first-order valence-electron chi connectivity index (χ1n) is 11.3. The van der Waals surface area contributed by atoms with Gasteiger partial charge in [-0.2, -0.15) is 4.98 Å². The highest BCUT2D eigenvalue weighted by Gasteiger charge is 2.26. The molecule has 2 heterocycles. The summed E-state index contributed by atoms with van der Waals surface area (Å²) in [6, 6.07) is 17.7. The minimum Gasteiger partial charge on any atom is -0.493 e. The van der Waals surface area contributed by atoms with E-state index in [9.17, 15) is 8.42 Å². The number of nitrogens with zero attached hydrogens (tertiary/aromatic N) is 4. The third kappa shape index (κ3) is 6.01. The molecular weight excluding hydrogens is 494 g/mol. The molecule has 37 heavy (non-hydrogen) atoms. The third-order valence-corrected chi connectivity index (χ3v) is 6.69. The minimum absolute atomic E-state index is 0.0221. The topological polar surface area (TPSA) is 125 Å². The molecule has 0 unspecified atom stereocenters. The normalized spacial score (nSPS) is 11.6. The lowest BCUT2D eigenvalue weighted by Gasteiger charge is -2.17. The van der Waals surface area contributed by atoms with Gasteiger partial charge in [-0.05, 0) is 36.3 Å². The number of allylic oxidation sites excluding steroid dienone is 1. The van der Waals surface area contributed by atoms with Gasteiger partial charge in [0.15, 0.2) is 23.1 Å². The van der Waals surface area contributed by atoms with Gasteiger partial charge in [0.25, 0.3) is 15.9 Å². The van der Waals surface area contributed by atoms with Crippen molar-refractivity contribution in [2.24, 2.45) is 0 Å². The molecule has 0 spiro atoms. The highest BCUT2D eigenvalue weighted by atomic mass is 32.2. The number of rotatable bonds is 10. The molecular formula is C26H25N5O5S. The first-order chi connectivity index (χ1) is 17.9. The van der Waals surface area contributed by atoms with E-state index in [2.05, 4.69) is 24.7 Å². The number of anilines is 1. The first-order valence-corrected chi connectivity index (χ1v) is 12.8. The van der Waals surface area contributed by atoms with Crippen LogP contribution in [-0.4, -0.2) is 42.6 Å². The van der Waals surface area contributed by atoms with Crippen LogP contribution in [0.15, 0.2) is 78.0 Å². The van der Waals surface area contributed by atoms with Crippen molar-refractivity contribution in [1.29, 1.82) is 0 Å². The Morgan fingerprint density at radius 1 is 0.865 bits per heavy atom. The zero-order valence-electron chi connectivity index (χ0n) is 20.5. The number of nitrogens with one attached hydrogen (secondary N) is 1. The van der Waals surface area contributed by atoms with E-state index in [4.69, 9.17) is 14.2 Å². The maximum absolute atomic E-state index is 13.5. The van der Waals surface area contributed by atoms with Crippen LogP contribution in [0.1, 0.15) is 18.9 Å². The fraction of sp³-hybridized carbons (Fsp3) is 0.154. The molecule has 1 N–H and O–H groups in total. The highest BCUT2D eigenvalue weighted by Crippen LogP contribution is 2.41. The predicted octanol–water partition coefficient (Wildman–Crippen LogP) is 4.94. The van der Waals surface area contributed by atoms with Crippen molar-refractivity contribution < 1.29 is 22.6 Å². The molecule has 0 amide bonds. The first kappa shape index (κ1) is 25.6. The Kier molecular flexibility index (Phi) is 7.94. The van der Waals surface area contributed by atoms with E-state index in [1.54, 1.807) is 43.3 Å². The van der Waals surface area contributed by atoms with E-state index < -0.39 is 10.0 Å². The Balaban J connectivity index is 1.85. The molecule has 0 atom stereocenters. The van der Waals surface area contributed by atoms with Gasteiger partial charge < -0.3 is 14.2 Å². The van der Waals surface area contributed by atoms with Crippen molar-refractivity contribution >= 4 is 21.9 Å². The fourth-order valence-electron chi connectivity index (χ4n) is 3.35. The molecule has 0 aliphatic rings. The lowest BCUT2D eigenvalue weighted by atomic mass is 10.2. The van der Waals surface area contributed by atoms with Gasteiger partial charge in [0.05, 0.1) is 19.1 Å². The predicted molar refractivity (Wildman–Crippen MR) is 140 cm³/mol. The molecule has 0 aliphatic carbocycles. The largest absolute Gasteiger partial charge is 0.493 e. The summed E-state index contributed by atoms with van der Waals surface area (Å²) < 4.78 is 46.5. The van der Waals surface area contributed by atoms with Gasteiger partial charge in [0.2, 0.25) is 11.6 Å². The quantitative estimate of drug-likeness (QED) is 0.310. The Hall–Kier alpha value is -4.51. The lowest BCUT2D eigenvalue weighted by Crippen LogP contribution is -2.17. The molecule has 0 saturated carbocycles. The summed E-state index contributed by atoms with van der Waals surface area (Å²) in [4.78, 5) is 17.3. The standard InChI is InChI=1S/C26H25N5O5S/c1-4-19(17-18-11-6-5-7-12-18)37(32,33)31-23-22(36-21-14-9-8-13-20(21)34-2)26(35-3)30-25(29-23)24-27-15-10-16-28-24/h5-17H,4H2,1-3H3,(H,29,30,31). The van der Waals surface area contributed by atoms with Gasteiger partial charge in [-0.15, -0.1) is 0 Å². The van der Waals surface area contributed by atoms with Crippen LogP contribution in [0.2, 0.25) is 0 Å². The van der Waals surface area contributed by atoms with E-state index in [1.165, 1.54) is 26.6 Å². The maximum atomic E-state index is 13.5. The van der Waals surface area contributed by atoms with Crippen molar-refractivity contribution in [2.45, 2.75) is 13.3 Å². The monoisotopic (exact) mass is 519 g/mol. The number of hydrogen-bond acceptors (Lipinski definition) is 9. The maximum Gasteiger partial charge on any atom is 0.263 e. The van der Waals surface area contributed by atoms with Gasteiger partial charge in [-0.25, -0.2) is 23.4 Å². The second kappa shape index (κ2) is 11.5. The van der Waals surface area contributed by atoms with Gasteiger partial charge in [0, 0.05) is 12.4 Å². The molecule has 10 nitrogen and oxygen atoms in total. The van der Waals surface area contributed by atoms with Crippen LogP contribution in [0, 0.1) is 0 Å². The Morgan fingerprint density at radius 3 is 2.19 bits per heavy atom. The summed E-state index contributed by atoms with van der Waals surface area (Å²) >= 11 is 0. The fourth-order valence-corrected chi connectivity index (χ4v) is 4.55. The molecule has 11 heteroatoms. The molecule has 0 fully saturated rings. The zero-order valence-corrected chi connectivity index (χ0v) is 21.3. The highest BCUT2D eigenvalue weighted by molar-refractivity contribution is 7.96. The smallest absolute Gasteiger partial charge is 0.263 e. The minimum atomic E-state index is -4.06. The van der Waals surface area contributed by atoms with Gasteiger partial charge >= 0.3 is 0 Å². The lowest BCUT2D eigenvalue weighted by molar-refractivity contribution is 0.348. The van der Waals surface area contributed by atoms with Crippen LogP contribution in [0.3, 0.4) is 0 Å². The Bertz CT molecular complexity index is 1500. The molecule has 0 radical (unpaired) electrons. The second-order valence-corrected chi connectivity index (χ2v) is 9.28. The number of methoxy groups -OCH3 is 2. The summed E-state index contributed by atoms with van der Waals surface area (Å²) in [5.41, 5.74) is 0.744. The number of aromatic nitrogens is 4. The van der Waals surface area contributed by atoms with Crippen molar-refractivity contribution in [3.8, 4) is 34.8 Å². The molecule has 2 aromatic heterocycles. The number of hydrogen-bond donors (Lipinski definition) is 1. The molecule has 0 aliphatic heterocycles. The van der Waals surface area contributed by atoms with Gasteiger partial charge in [-0.1, -0.05) is 49.4 Å². The second-order valence-electron chi connectivity index (χ2n) is 7.54. The summed E-state index contributed by atoms with van der Waals surface area (Å²) in [5.74, 6) is 0.746. The van der Waals surface area contributed by atoms with Crippen molar-refractivity contribution in [3.63, 3.8) is 0 Å². The van der Waals surface area contributed by atoms with Crippen LogP contribution < -0.4 is 18.9 Å². The SMILES string of the molecule is CCC(=Cc1ccccc1)S(=O)(=O)Nc1nc(-c2ncccn2)nc(OC)c1Oc1ccccc1OC. The Morgan fingerprint density at radius 2 is 1.54 bits per heavy atom. The summed E-state index contributed by atoms with van der Waals surface area (Å²) in [7, 11) is -1.18. The van der Waals surface area contributed by atoms with Crippen molar-refractivity contribution in [1.82, 2.24) is 19.9 Å². The van der Waals surface area contributed by atoms with Crippen LogP contribution in [0.4, 0.5) is 5.82 Å². The van der Waals surface area contributed by atoms with Crippen molar-refractivity contribution in [3.05, 3.63) is 83.5 Å².